The first-order chi connectivity index (χ1) is 8.40. The van der Waals surface area contributed by atoms with Gasteiger partial charge in [-0.15, -0.1) is 5.11 Å². The summed E-state index contributed by atoms with van der Waals surface area (Å²) in [6.45, 7) is 1.22. The van der Waals surface area contributed by atoms with E-state index in [0.717, 1.165) is 22.0 Å². The molecule has 86 valence electrons. The molecule has 1 aromatic carbocycles. The van der Waals surface area contributed by atoms with Crippen LogP contribution in [0.25, 0.3) is 6.08 Å². The predicted molar refractivity (Wildman–Crippen MR) is 64.9 cm³/mol. The van der Waals surface area contributed by atoms with Gasteiger partial charge in [0.25, 0.3) is 0 Å². The van der Waals surface area contributed by atoms with Crippen LogP contribution in [0.4, 0.5) is 11.4 Å². The van der Waals surface area contributed by atoms with Gasteiger partial charge in [-0.2, -0.15) is 10.2 Å². The lowest BCUT2D eigenvalue weighted by molar-refractivity contribution is 0.677. The van der Waals surface area contributed by atoms with E-state index in [1.165, 1.54) is 0 Å². The van der Waals surface area contributed by atoms with Crippen LogP contribution in [0.15, 0.2) is 39.7 Å². The average molecular weight is 228 g/mol. The molecule has 1 aromatic rings. The van der Waals surface area contributed by atoms with Crippen molar-refractivity contribution < 1.29 is 0 Å². The number of hydrogen-bond acceptors (Lipinski definition) is 6. The molecule has 0 radical (unpaired) electrons. The number of nitrogens with two attached hydrogens (primary N) is 1. The van der Waals surface area contributed by atoms with Gasteiger partial charge in [0.15, 0.2) is 0 Å². The number of nitrogens with one attached hydrogen (secondary N) is 1. The van der Waals surface area contributed by atoms with E-state index in [4.69, 9.17) is 5.73 Å². The molecule has 0 aromatic heterocycles. The van der Waals surface area contributed by atoms with Gasteiger partial charge in [-0.05, 0) is 12.1 Å². The molecule has 6 nitrogen and oxygen atoms in total. The molecule has 0 spiro atoms. The number of benzene rings is 1. The monoisotopic (exact) mass is 228 g/mol. The number of azo groups is 1. The van der Waals surface area contributed by atoms with Crippen LogP contribution < -0.4 is 26.9 Å². The van der Waals surface area contributed by atoms with Crippen molar-refractivity contribution in [3.8, 4) is 0 Å². The highest BCUT2D eigenvalue weighted by Gasteiger charge is 2.18. The zero-order chi connectivity index (χ0) is 11.7. The summed E-state index contributed by atoms with van der Waals surface area (Å²) in [5.41, 5.74) is 10.3. The SMILES string of the molecule is NCCN1NN=c2ccc3c(c21)N=NC=CC=3. The lowest BCUT2D eigenvalue weighted by Gasteiger charge is -2.18. The average Bonchev–Trinajstić information content (AvgIpc) is 2.61. The highest BCUT2D eigenvalue weighted by molar-refractivity contribution is 5.69. The first-order valence-corrected chi connectivity index (χ1v) is 5.42. The molecular weight excluding hydrogens is 216 g/mol. The molecule has 0 bridgehead atoms. The Hall–Kier alpha value is -2.21. The van der Waals surface area contributed by atoms with Crippen LogP contribution in [0.5, 0.6) is 0 Å². The standard InChI is InChI=1S/C11H12N6/c12-5-7-17-11-9(14-16-17)4-3-8-2-1-6-13-15-10(8)11/h1-4,6,16H,5,7,12H2. The van der Waals surface area contributed by atoms with Gasteiger partial charge in [0.05, 0.1) is 6.54 Å². The third-order valence-corrected chi connectivity index (χ3v) is 2.66. The Balaban J connectivity index is 2.22. The molecule has 2 aliphatic rings. The molecule has 0 amide bonds. The number of hydrogen-bond donors (Lipinski definition) is 2. The van der Waals surface area contributed by atoms with E-state index in [9.17, 15) is 0 Å². The Morgan fingerprint density at radius 2 is 2.29 bits per heavy atom. The van der Waals surface area contributed by atoms with Crippen LogP contribution in [-0.2, 0) is 0 Å². The van der Waals surface area contributed by atoms with Crippen molar-refractivity contribution in [2.45, 2.75) is 0 Å². The summed E-state index contributed by atoms with van der Waals surface area (Å²) in [6.07, 6.45) is 5.52. The first kappa shape index (κ1) is 9.98. The highest BCUT2D eigenvalue weighted by atomic mass is 15.7. The van der Waals surface area contributed by atoms with E-state index in [2.05, 4.69) is 20.9 Å². The van der Waals surface area contributed by atoms with Crippen molar-refractivity contribution in [3.05, 3.63) is 35.0 Å². The number of allylic oxidation sites excluding steroid dienone is 1. The first-order valence-electron chi connectivity index (χ1n) is 5.42. The molecule has 17 heavy (non-hydrogen) atoms. The fourth-order valence-electron chi connectivity index (χ4n) is 1.91. The fraction of sp³-hybridized carbons (Fsp3) is 0.182. The van der Waals surface area contributed by atoms with E-state index in [1.807, 2.05) is 29.3 Å². The molecule has 2 heterocycles. The maximum absolute atomic E-state index is 5.57. The maximum atomic E-state index is 5.57. The van der Waals surface area contributed by atoms with E-state index < -0.39 is 0 Å². The van der Waals surface area contributed by atoms with Crippen LogP contribution in [0.1, 0.15) is 0 Å². The maximum Gasteiger partial charge on any atom is 0.120 e. The van der Waals surface area contributed by atoms with Crippen LogP contribution in [-0.4, -0.2) is 13.1 Å². The normalized spacial score (nSPS) is 15.5. The lowest BCUT2D eigenvalue weighted by Crippen LogP contribution is -2.36. The molecular formula is C11H12N6. The van der Waals surface area contributed by atoms with Crippen molar-refractivity contribution in [2.75, 3.05) is 18.1 Å². The van der Waals surface area contributed by atoms with Crippen molar-refractivity contribution in [1.82, 2.24) is 5.53 Å². The van der Waals surface area contributed by atoms with Gasteiger partial charge in [-0.25, -0.2) is 5.53 Å². The summed E-state index contributed by atoms with van der Waals surface area (Å²) < 4.78 is 0. The molecule has 2 aliphatic heterocycles. The summed E-state index contributed by atoms with van der Waals surface area (Å²) >= 11 is 0. The van der Waals surface area contributed by atoms with Crippen molar-refractivity contribution in [3.63, 3.8) is 0 Å². The Kier molecular flexibility index (Phi) is 2.34. The molecule has 0 aliphatic carbocycles. The Bertz CT molecular complexity index is 616. The third kappa shape index (κ3) is 1.58. The van der Waals surface area contributed by atoms with Gasteiger partial charge < -0.3 is 5.73 Å². The number of rotatable bonds is 2. The highest BCUT2D eigenvalue weighted by Crippen LogP contribution is 2.22. The molecule has 0 unspecified atom stereocenters. The summed E-state index contributed by atoms with van der Waals surface area (Å²) in [4.78, 5) is 0. The second kappa shape index (κ2) is 3.99. The summed E-state index contributed by atoms with van der Waals surface area (Å²) in [6, 6.07) is 3.95. The third-order valence-electron chi connectivity index (χ3n) is 2.66. The minimum Gasteiger partial charge on any atom is -0.329 e. The van der Waals surface area contributed by atoms with Crippen molar-refractivity contribution >= 4 is 17.5 Å². The topological polar surface area (TPSA) is 78.4 Å². The predicted octanol–water partition coefficient (Wildman–Crippen LogP) is -0.104. The number of nitrogens with zero attached hydrogens (tertiary/aromatic N) is 4. The van der Waals surface area contributed by atoms with Gasteiger partial charge in [0, 0.05) is 18.0 Å². The van der Waals surface area contributed by atoms with Gasteiger partial charge in [0.2, 0.25) is 0 Å². The van der Waals surface area contributed by atoms with Gasteiger partial charge in [0.1, 0.15) is 16.7 Å². The second-order valence-corrected chi connectivity index (χ2v) is 3.75. The number of hydrazine groups is 1. The van der Waals surface area contributed by atoms with Crippen LogP contribution in [0.2, 0.25) is 0 Å². The fourth-order valence-corrected chi connectivity index (χ4v) is 1.91. The van der Waals surface area contributed by atoms with Gasteiger partial charge >= 0.3 is 0 Å². The molecule has 6 heteroatoms. The minimum atomic E-state index is 0.546. The molecule has 3 N–H and O–H groups in total. The molecule has 0 fully saturated rings. The van der Waals surface area contributed by atoms with Gasteiger partial charge in [-0.3, -0.25) is 5.01 Å². The van der Waals surface area contributed by atoms with E-state index in [-0.39, 0.29) is 0 Å². The van der Waals surface area contributed by atoms with Crippen LogP contribution >= 0.6 is 0 Å². The zero-order valence-corrected chi connectivity index (χ0v) is 9.17. The summed E-state index contributed by atoms with van der Waals surface area (Å²) in [5, 5.41) is 16.2. The molecule has 0 atom stereocenters. The summed E-state index contributed by atoms with van der Waals surface area (Å²) in [7, 11) is 0. The Morgan fingerprint density at radius 3 is 3.18 bits per heavy atom. The van der Waals surface area contributed by atoms with Crippen molar-refractivity contribution in [1.29, 1.82) is 0 Å². The van der Waals surface area contributed by atoms with E-state index >= 15 is 0 Å². The Morgan fingerprint density at radius 1 is 1.35 bits per heavy atom. The second-order valence-electron chi connectivity index (χ2n) is 3.75. The molecule has 3 rings (SSSR count). The number of fused-ring (bicyclic) bond motifs is 3. The largest absolute Gasteiger partial charge is 0.329 e. The summed E-state index contributed by atoms with van der Waals surface area (Å²) in [5.74, 6) is 0. The van der Waals surface area contributed by atoms with Crippen LogP contribution in [0, 0.1) is 0 Å². The van der Waals surface area contributed by atoms with Crippen LogP contribution in [0.3, 0.4) is 0 Å². The van der Waals surface area contributed by atoms with Crippen molar-refractivity contribution in [2.24, 2.45) is 21.1 Å². The Labute approximate surface area is 97.8 Å². The zero-order valence-electron chi connectivity index (χ0n) is 9.17. The lowest BCUT2D eigenvalue weighted by atomic mass is 10.2. The number of anilines is 1. The van der Waals surface area contributed by atoms with Gasteiger partial charge in [-0.1, -0.05) is 12.1 Å². The quantitative estimate of drug-likeness (QED) is 0.741. The molecule has 0 saturated heterocycles. The minimum absolute atomic E-state index is 0.546. The smallest absolute Gasteiger partial charge is 0.120 e. The molecule has 0 saturated carbocycles. The van der Waals surface area contributed by atoms with E-state index in [1.54, 1.807) is 6.20 Å². The van der Waals surface area contributed by atoms with E-state index in [0.29, 0.717) is 13.1 Å².